The number of thiophene rings is 1. The summed E-state index contributed by atoms with van der Waals surface area (Å²) in [7, 11) is 0. The Hall–Kier alpha value is -2.71. The van der Waals surface area contributed by atoms with E-state index in [1.54, 1.807) is 16.7 Å². The Morgan fingerprint density at radius 1 is 1.30 bits per heavy atom. The smallest absolute Gasteiger partial charge is 0.263 e. The van der Waals surface area contributed by atoms with E-state index in [9.17, 15) is 4.79 Å². The maximum absolute atomic E-state index is 12.7. The van der Waals surface area contributed by atoms with Crippen molar-refractivity contribution in [3.63, 3.8) is 0 Å². The van der Waals surface area contributed by atoms with Crippen LogP contribution in [0.2, 0.25) is 0 Å². The third kappa shape index (κ3) is 3.45. The molecule has 3 aromatic heterocycles. The summed E-state index contributed by atoms with van der Waals surface area (Å²) in [5.74, 6) is 1.03. The standard InChI is InChI=1S/C19H16N4O2S2/c1-3-10-23-18(24)14-9-11-26-17(14)21-19(23)27-12(2)16-20-15(22-25-16)13-7-5-4-6-8-13/h3-9,11-12H,1,10H2,2H3. The molecule has 4 rings (SSSR count). The van der Waals surface area contributed by atoms with Crippen molar-refractivity contribution in [2.45, 2.75) is 23.9 Å². The number of allylic oxidation sites excluding steroid dienone is 1. The number of nitrogens with zero attached hydrogens (tertiary/aromatic N) is 4. The molecule has 0 spiro atoms. The minimum atomic E-state index is -0.157. The van der Waals surface area contributed by atoms with Crippen LogP contribution in [-0.4, -0.2) is 19.7 Å². The molecule has 8 heteroatoms. The Balaban J connectivity index is 1.66. The van der Waals surface area contributed by atoms with Gasteiger partial charge in [0.05, 0.1) is 10.6 Å². The molecule has 1 aromatic carbocycles. The van der Waals surface area contributed by atoms with Gasteiger partial charge >= 0.3 is 0 Å². The summed E-state index contributed by atoms with van der Waals surface area (Å²) in [4.78, 5) is 22.6. The number of rotatable bonds is 6. The van der Waals surface area contributed by atoms with E-state index in [-0.39, 0.29) is 10.8 Å². The highest BCUT2D eigenvalue weighted by atomic mass is 32.2. The number of hydrogen-bond donors (Lipinski definition) is 0. The summed E-state index contributed by atoms with van der Waals surface area (Å²) in [5.41, 5.74) is 0.831. The van der Waals surface area contributed by atoms with Crippen LogP contribution in [0.25, 0.3) is 21.6 Å². The molecule has 4 aromatic rings. The quantitative estimate of drug-likeness (QED) is 0.270. The fraction of sp³-hybridized carbons (Fsp3) is 0.158. The lowest BCUT2D eigenvalue weighted by Crippen LogP contribution is -2.22. The first-order valence-electron chi connectivity index (χ1n) is 8.32. The summed E-state index contributed by atoms with van der Waals surface area (Å²) in [5, 5.41) is 7.02. The van der Waals surface area contributed by atoms with Crippen LogP contribution in [0.15, 0.2) is 68.9 Å². The summed E-state index contributed by atoms with van der Waals surface area (Å²) in [6.45, 7) is 6.09. The van der Waals surface area contributed by atoms with E-state index in [2.05, 4.69) is 21.7 Å². The highest BCUT2D eigenvalue weighted by molar-refractivity contribution is 7.99. The highest BCUT2D eigenvalue weighted by Crippen LogP contribution is 2.34. The van der Waals surface area contributed by atoms with E-state index in [4.69, 9.17) is 4.52 Å². The summed E-state index contributed by atoms with van der Waals surface area (Å²) >= 11 is 2.87. The van der Waals surface area contributed by atoms with Gasteiger partial charge in [-0.05, 0) is 18.4 Å². The maximum atomic E-state index is 12.7. The van der Waals surface area contributed by atoms with E-state index in [1.807, 2.05) is 42.6 Å². The van der Waals surface area contributed by atoms with Crippen molar-refractivity contribution in [3.8, 4) is 11.4 Å². The molecule has 0 fully saturated rings. The van der Waals surface area contributed by atoms with Gasteiger partial charge in [0.2, 0.25) is 11.7 Å². The van der Waals surface area contributed by atoms with Crippen LogP contribution < -0.4 is 5.56 Å². The summed E-state index contributed by atoms with van der Waals surface area (Å²) < 4.78 is 7.06. The van der Waals surface area contributed by atoms with E-state index >= 15 is 0 Å². The molecule has 0 aliphatic rings. The minimum Gasteiger partial charge on any atom is -0.338 e. The molecular weight excluding hydrogens is 380 g/mol. The molecule has 0 N–H and O–H groups in total. The highest BCUT2D eigenvalue weighted by Gasteiger charge is 2.20. The predicted octanol–water partition coefficient (Wildman–Crippen LogP) is 4.55. The Labute approximate surface area is 163 Å². The molecular formula is C19H16N4O2S2. The number of thioether (sulfide) groups is 1. The number of hydrogen-bond acceptors (Lipinski definition) is 7. The molecule has 136 valence electrons. The van der Waals surface area contributed by atoms with Gasteiger partial charge in [-0.15, -0.1) is 17.9 Å². The molecule has 1 unspecified atom stereocenters. The predicted molar refractivity (Wildman–Crippen MR) is 108 cm³/mol. The SMILES string of the molecule is C=CCn1c(SC(C)c2nc(-c3ccccc3)no2)nc2sccc2c1=O. The lowest BCUT2D eigenvalue weighted by molar-refractivity contribution is 0.380. The van der Waals surface area contributed by atoms with Crippen molar-refractivity contribution < 1.29 is 4.52 Å². The lowest BCUT2D eigenvalue weighted by Gasteiger charge is -2.12. The molecule has 27 heavy (non-hydrogen) atoms. The largest absolute Gasteiger partial charge is 0.338 e. The second-order valence-corrected chi connectivity index (χ2v) is 8.02. The molecule has 3 heterocycles. The Kier molecular flexibility index (Phi) is 4.91. The minimum absolute atomic E-state index is 0.0636. The average molecular weight is 396 g/mol. The topological polar surface area (TPSA) is 73.8 Å². The zero-order chi connectivity index (χ0) is 18.8. The van der Waals surface area contributed by atoms with Crippen molar-refractivity contribution in [2.24, 2.45) is 0 Å². The molecule has 6 nitrogen and oxygen atoms in total. The van der Waals surface area contributed by atoms with Crippen LogP contribution >= 0.6 is 23.1 Å². The van der Waals surface area contributed by atoms with Gasteiger partial charge in [-0.25, -0.2) is 4.98 Å². The van der Waals surface area contributed by atoms with Gasteiger partial charge in [0, 0.05) is 12.1 Å². The molecule has 0 radical (unpaired) electrons. The van der Waals surface area contributed by atoms with Gasteiger partial charge in [-0.1, -0.05) is 53.3 Å². The second-order valence-electron chi connectivity index (χ2n) is 5.82. The summed E-state index contributed by atoms with van der Waals surface area (Å²) in [6.07, 6.45) is 1.69. The molecule has 0 saturated heterocycles. The van der Waals surface area contributed by atoms with Crippen molar-refractivity contribution in [1.82, 2.24) is 19.7 Å². The third-order valence-corrected chi connectivity index (χ3v) is 5.85. The fourth-order valence-electron chi connectivity index (χ4n) is 2.62. The van der Waals surface area contributed by atoms with Gasteiger partial charge in [0.15, 0.2) is 5.16 Å². The third-order valence-electron chi connectivity index (χ3n) is 3.96. The van der Waals surface area contributed by atoms with E-state index in [0.29, 0.717) is 28.8 Å². The lowest BCUT2D eigenvalue weighted by atomic mass is 10.2. The van der Waals surface area contributed by atoms with Crippen molar-refractivity contribution >= 4 is 33.3 Å². The van der Waals surface area contributed by atoms with Crippen molar-refractivity contribution in [2.75, 3.05) is 0 Å². The second kappa shape index (κ2) is 7.50. The van der Waals surface area contributed by atoms with Crippen LogP contribution in [0.3, 0.4) is 0 Å². The zero-order valence-corrected chi connectivity index (χ0v) is 16.2. The molecule has 0 bridgehead atoms. The van der Waals surface area contributed by atoms with Crippen LogP contribution in [0.4, 0.5) is 0 Å². The van der Waals surface area contributed by atoms with Gasteiger partial charge in [-0.2, -0.15) is 4.98 Å². The van der Waals surface area contributed by atoms with Crippen molar-refractivity contribution in [1.29, 1.82) is 0 Å². The maximum Gasteiger partial charge on any atom is 0.263 e. The van der Waals surface area contributed by atoms with Crippen LogP contribution in [0.1, 0.15) is 18.1 Å². The van der Waals surface area contributed by atoms with Crippen LogP contribution in [0.5, 0.6) is 0 Å². The monoisotopic (exact) mass is 396 g/mol. The normalized spacial score (nSPS) is 12.3. The van der Waals surface area contributed by atoms with Crippen LogP contribution in [0, 0.1) is 0 Å². The van der Waals surface area contributed by atoms with E-state index in [1.165, 1.54) is 23.1 Å². The van der Waals surface area contributed by atoms with E-state index in [0.717, 1.165) is 10.4 Å². The zero-order valence-electron chi connectivity index (χ0n) is 14.5. The van der Waals surface area contributed by atoms with Crippen LogP contribution in [-0.2, 0) is 6.54 Å². The Morgan fingerprint density at radius 2 is 2.11 bits per heavy atom. The summed E-state index contributed by atoms with van der Waals surface area (Å²) in [6, 6.07) is 11.5. The van der Waals surface area contributed by atoms with Gasteiger partial charge in [0.1, 0.15) is 4.83 Å². The molecule has 0 aliphatic heterocycles. The first kappa shape index (κ1) is 17.7. The first-order chi connectivity index (χ1) is 13.2. The van der Waals surface area contributed by atoms with Crippen molar-refractivity contribution in [3.05, 3.63) is 70.7 Å². The molecule has 1 atom stereocenters. The van der Waals surface area contributed by atoms with Gasteiger partial charge in [-0.3, -0.25) is 9.36 Å². The first-order valence-corrected chi connectivity index (χ1v) is 10.1. The number of fused-ring (bicyclic) bond motifs is 1. The Morgan fingerprint density at radius 3 is 2.89 bits per heavy atom. The van der Waals surface area contributed by atoms with E-state index < -0.39 is 0 Å². The number of benzene rings is 1. The average Bonchev–Trinajstić information content (AvgIpc) is 3.35. The fourth-order valence-corrected chi connectivity index (χ4v) is 4.38. The number of aromatic nitrogens is 4. The molecule has 0 aliphatic carbocycles. The molecule has 0 amide bonds. The van der Waals surface area contributed by atoms with Gasteiger partial charge < -0.3 is 4.52 Å². The Bertz CT molecular complexity index is 1150. The van der Waals surface area contributed by atoms with Gasteiger partial charge in [0.25, 0.3) is 5.56 Å². The molecule has 0 saturated carbocycles.